The lowest BCUT2D eigenvalue weighted by Gasteiger charge is -2.24. The molecule has 42 heavy (non-hydrogen) atoms. The predicted molar refractivity (Wildman–Crippen MR) is 149 cm³/mol. The highest BCUT2D eigenvalue weighted by Crippen LogP contribution is 2.07. The Bertz CT molecular complexity index is 1200. The van der Waals surface area contributed by atoms with Crippen LogP contribution in [0.1, 0.15) is 38.6 Å². The zero-order chi connectivity index (χ0) is 31.2. The van der Waals surface area contributed by atoms with E-state index in [1.54, 1.807) is 12.4 Å². The van der Waals surface area contributed by atoms with E-state index in [4.69, 9.17) is 11.5 Å². The Hall–Kier alpha value is -4.80. The van der Waals surface area contributed by atoms with Crippen LogP contribution in [0, 0.1) is 5.92 Å². The average molecular weight is 590 g/mol. The number of carbonyl (C=O) groups excluding carboxylic acids is 6. The lowest BCUT2D eigenvalue weighted by molar-refractivity contribution is -0.133. The van der Waals surface area contributed by atoms with Gasteiger partial charge in [-0.15, -0.1) is 0 Å². The molecule has 4 unspecified atom stereocenters. The summed E-state index contributed by atoms with van der Waals surface area (Å²) >= 11 is 0. The molecule has 0 saturated heterocycles. The lowest BCUT2D eigenvalue weighted by atomic mass is 10.0. The third kappa shape index (κ3) is 11.7. The van der Waals surface area contributed by atoms with Crippen molar-refractivity contribution in [1.82, 2.24) is 46.5 Å². The molecule has 0 fully saturated rings. The van der Waals surface area contributed by atoms with Crippen LogP contribution in [-0.4, -0.2) is 92.6 Å². The zero-order valence-corrected chi connectivity index (χ0v) is 23.7. The Labute approximate surface area is 242 Å². The van der Waals surface area contributed by atoms with Crippen molar-refractivity contribution in [2.75, 3.05) is 13.1 Å². The molecule has 0 aliphatic carbocycles. The van der Waals surface area contributed by atoms with E-state index in [1.165, 1.54) is 19.6 Å². The topological polar surface area (TPSA) is 272 Å². The number of aromatic nitrogens is 4. The summed E-state index contributed by atoms with van der Waals surface area (Å²) in [6, 6.07) is -4.06. The molecular formula is C25H39N11O6. The quantitative estimate of drug-likeness (QED) is 0.0883. The van der Waals surface area contributed by atoms with Crippen LogP contribution in [0.4, 0.5) is 0 Å². The predicted octanol–water partition coefficient (Wildman–Crippen LogP) is -3.52. The summed E-state index contributed by atoms with van der Waals surface area (Å²) in [5.74, 6) is -3.95. The van der Waals surface area contributed by atoms with Gasteiger partial charge in [-0.3, -0.25) is 28.8 Å². The lowest BCUT2D eigenvalue weighted by Crippen LogP contribution is -2.57. The van der Waals surface area contributed by atoms with Crippen LogP contribution in [0.15, 0.2) is 25.0 Å². The second-order valence-electron chi connectivity index (χ2n) is 10.1. The fourth-order valence-corrected chi connectivity index (χ4v) is 3.69. The first-order chi connectivity index (χ1) is 19.8. The summed E-state index contributed by atoms with van der Waals surface area (Å²) in [7, 11) is 0. The molecule has 0 saturated carbocycles. The molecule has 0 aliphatic rings. The fraction of sp³-hybridized carbons (Fsp3) is 0.520. The molecule has 2 heterocycles. The maximum absolute atomic E-state index is 13.3. The minimum absolute atomic E-state index is 0.0189. The third-order valence-electron chi connectivity index (χ3n) is 5.94. The first-order valence-corrected chi connectivity index (χ1v) is 13.3. The van der Waals surface area contributed by atoms with Crippen molar-refractivity contribution in [2.45, 2.75) is 64.2 Å². The van der Waals surface area contributed by atoms with Gasteiger partial charge in [-0.2, -0.15) is 0 Å². The Morgan fingerprint density at radius 1 is 0.762 bits per heavy atom. The number of hydrogen-bond acceptors (Lipinski definition) is 9. The van der Waals surface area contributed by atoms with Crippen molar-refractivity contribution < 1.29 is 28.8 Å². The minimum atomic E-state index is -1.11. The summed E-state index contributed by atoms with van der Waals surface area (Å²) < 4.78 is 0. The van der Waals surface area contributed by atoms with Crippen molar-refractivity contribution in [3.05, 3.63) is 36.4 Å². The van der Waals surface area contributed by atoms with Crippen molar-refractivity contribution in [1.29, 1.82) is 0 Å². The van der Waals surface area contributed by atoms with Crippen LogP contribution in [-0.2, 0) is 41.6 Å². The summed E-state index contributed by atoms with van der Waals surface area (Å²) in [5, 5.41) is 12.3. The van der Waals surface area contributed by atoms with Gasteiger partial charge in [0.15, 0.2) is 0 Å². The summed E-state index contributed by atoms with van der Waals surface area (Å²) in [6.45, 7) is 4.18. The van der Waals surface area contributed by atoms with Crippen LogP contribution in [0.2, 0.25) is 0 Å². The number of aromatic amines is 2. The molecule has 6 amide bonds. The van der Waals surface area contributed by atoms with Crippen molar-refractivity contribution in [3.63, 3.8) is 0 Å². The number of carbonyl (C=O) groups is 6. The molecule has 0 spiro atoms. The van der Waals surface area contributed by atoms with Crippen LogP contribution in [0.3, 0.4) is 0 Å². The van der Waals surface area contributed by atoms with Gasteiger partial charge in [0.05, 0.1) is 43.2 Å². The van der Waals surface area contributed by atoms with Gasteiger partial charge < -0.3 is 48.0 Å². The fourth-order valence-electron chi connectivity index (χ4n) is 3.69. The third-order valence-corrected chi connectivity index (χ3v) is 5.94. The summed E-state index contributed by atoms with van der Waals surface area (Å²) in [4.78, 5) is 87.9. The number of amides is 6. The van der Waals surface area contributed by atoms with Gasteiger partial charge in [0.2, 0.25) is 35.4 Å². The van der Waals surface area contributed by atoms with E-state index in [-0.39, 0.29) is 25.2 Å². The van der Waals surface area contributed by atoms with Crippen LogP contribution in [0.5, 0.6) is 0 Å². The molecule has 17 heteroatoms. The standard InChI is InChI=1S/C25H39N11O6/c1-13(2)4-18(24(41)31-9-20(37)30-10-21(38)34-14(3)22(27)39)36-25(42)19(6-16-8-29-12-33-16)35-23(40)17(26)5-15-7-28-11-32-15/h7-8,11-14,17-19H,4-6,9-10,26H2,1-3H3,(H2,27,39)(H,28,32)(H,29,33)(H,30,37)(H,31,41)(H,34,38)(H,35,40)(H,36,42). The average Bonchev–Trinajstić information content (AvgIpc) is 3.63. The number of H-pyrrole nitrogens is 2. The minimum Gasteiger partial charge on any atom is -0.368 e. The Balaban J connectivity index is 2.00. The van der Waals surface area contributed by atoms with E-state index >= 15 is 0 Å². The van der Waals surface area contributed by atoms with E-state index in [0.29, 0.717) is 11.4 Å². The highest BCUT2D eigenvalue weighted by Gasteiger charge is 2.29. The van der Waals surface area contributed by atoms with Gasteiger partial charge in [-0.25, -0.2) is 9.97 Å². The van der Waals surface area contributed by atoms with E-state index < -0.39 is 72.7 Å². The summed E-state index contributed by atoms with van der Waals surface area (Å²) in [5.41, 5.74) is 12.2. The molecule has 0 aromatic carbocycles. The molecule has 17 nitrogen and oxygen atoms in total. The van der Waals surface area contributed by atoms with Crippen molar-refractivity contribution >= 4 is 35.4 Å². The Morgan fingerprint density at radius 2 is 1.33 bits per heavy atom. The second kappa shape index (κ2) is 16.5. The van der Waals surface area contributed by atoms with Gasteiger partial charge in [-0.1, -0.05) is 13.8 Å². The molecule has 0 radical (unpaired) electrons. The molecular weight excluding hydrogens is 550 g/mol. The monoisotopic (exact) mass is 589 g/mol. The molecule has 2 rings (SSSR count). The maximum Gasteiger partial charge on any atom is 0.243 e. The van der Waals surface area contributed by atoms with Gasteiger partial charge in [0.1, 0.15) is 18.1 Å². The number of hydrogen-bond donors (Lipinski definition) is 9. The van der Waals surface area contributed by atoms with Gasteiger partial charge in [-0.05, 0) is 19.3 Å². The van der Waals surface area contributed by atoms with Gasteiger partial charge in [0.25, 0.3) is 0 Å². The van der Waals surface area contributed by atoms with E-state index in [9.17, 15) is 28.8 Å². The molecule has 2 aromatic heterocycles. The molecule has 2 aromatic rings. The zero-order valence-electron chi connectivity index (χ0n) is 23.7. The highest BCUT2D eigenvalue weighted by atomic mass is 16.2. The molecule has 230 valence electrons. The first-order valence-electron chi connectivity index (χ1n) is 13.3. The SMILES string of the molecule is CC(C)CC(NC(=O)C(Cc1c[nH]cn1)NC(=O)C(N)Cc1c[nH]cn1)C(=O)NCC(=O)NCC(=O)NC(C)C(N)=O. The number of nitrogens with zero attached hydrogens (tertiary/aromatic N) is 2. The van der Waals surface area contributed by atoms with E-state index in [0.717, 1.165) is 0 Å². The summed E-state index contributed by atoms with van der Waals surface area (Å²) in [6.07, 6.45) is 6.45. The molecule has 0 aliphatic heterocycles. The number of nitrogens with one attached hydrogen (secondary N) is 7. The highest BCUT2D eigenvalue weighted by molar-refractivity contribution is 5.95. The van der Waals surface area contributed by atoms with Gasteiger partial charge >= 0.3 is 0 Å². The van der Waals surface area contributed by atoms with Gasteiger partial charge in [0, 0.05) is 25.2 Å². The number of rotatable bonds is 17. The molecule has 0 bridgehead atoms. The van der Waals surface area contributed by atoms with E-state index in [2.05, 4.69) is 46.5 Å². The molecule has 11 N–H and O–H groups in total. The van der Waals surface area contributed by atoms with Crippen molar-refractivity contribution in [3.8, 4) is 0 Å². The van der Waals surface area contributed by atoms with Crippen LogP contribution >= 0.6 is 0 Å². The van der Waals surface area contributed by atoms with Crippen LogP contribution < -0.4 is 38.1 Å². The normalized spacial score (nSPS) is 13.7. The Kier molecular flexibility index (Phi) is 13.1. The number of primary amides is 1. The molecule has 4 atom stereocenters. The van der Waals surface area contributed by atoms with Crippen LogP contribution in [0.25, 0.3) is 0 Å². The smallest absolute Gasteiger partial charge is 0.243 e. The number of imidazole rings is 2. The maximum atomic E-state index is 13.3. The first kappa shape index (κ1) is 33.4. The number of nitrogens with two attached hydrogens (primary N) is 2. The van der Waals surface area contributed by atoms with Crippen molar-refractivity contribution in [2.24, 2.45) is 17.4 Å². The second-order valence-corrected chi connectivity index (χ2v) is 10.1. The largest absolute Gasteiger partial charge is 0.368 e. The van der Waals surface area contributed by atoms with E-state index in [1.807, 2.05) is 13.8 Å². The Morgan fingerprint density at radius 3 is 1.88 bits per heavy atom.